The standard InChI is InChI=1S/C18H24FN5O5S/c19-12-3-5-13(6-4-12)30(28,29)23-8-9-24(16(25)10-20)15(11-23)18(27)22-14-2-1-7-21-17(14)26/h3-6,14-15H,1-2,7-11,20H2,(H,21,26)(H,22,27)/p+1/t14-,15-/m0/s1. The number of piperazine rings is 1. The second-order valence-electron chi connectivity index (χ2n) is 7.16. The number of hydrogen-bond acceptors (Lipinski definition) is 5. The predicted octanol–water partition coefficient (Wildman–Crippen LogP) is -2.34. The number of halogens is 1. The Morgan fingerprint density at radius 3 is 2.57 bits per heavy atom. The van der Waals surface area contributed by atoms with Crippen molar-refractivity contribution in [1.29, 1.82) is 0 Å². The first-order valence-electron chi connectivity index (χ1n) is 9.66. The topological polar surface area (TPSA) is 144 Å². The Hall–Kier alpha value is -2.57. The van der Waals surface area contributed by atoms with Crippen molar-refractivity contribution in [3.63, 3.8) is 0 Å². The molecule has 0 radical (unpaired) electrons. The number of benzene rings is 1. The molecule has 2 fully saturated rings. The Balaban J connectivity index is 1.81. The molecular weight excluding hydrogens is 417 g/mol. The third kappa shape index (κ3) is 4.60. The molecule has 0 saturated carbocycles. The van der Waals surface area contributed by atoms with Crippen molar-refractivity contribution in [3.05, 3.63) is 30.1 Å². The summed E-state index contributed by atoms with van der Waals surface area (Å²) < 4.78 is 40.2. The van der Waals surface area contributed by atoms with E-state index < -0.39 is 33.8 Å². The average Bonchev–Trinajstić information content (AvgIpc) is 2.74. The number of amides is 3. The molecule has 2 aliphatic rings. The molecule has 1 aromatic rings. The Bertz CT molecular complexity index is 923. The van der Waals surface area contributed by atoms with E-state index in [1.54, 1.807) is 0 Å². The van der Waals surface area contributed by atoms with Gasteiger partial charge in [-0.05, 0) is 37.1 Å². The van der Waals surface area contributed by atoms with E-state index in [1.165, 1.54) is 4.90 Å². The summed E-state index contributed by atoms with van der Waals surface area (Å²) in [5.41, 5.74) is 3.55. The zero-order valence-corrected chi connectivity index (χ0v) is 17.2. The normalized spacial score (nSPS) is 23.0. The lowest BCUT2D eigenvalue weighted by molar-refractivity contribution is -0.357. The second kappa shape index (κ2) is 9.06. The molecule has 0 unspecified atom stereocenters. The number of rotatable bonds is 5. The molecular formula is C18H25FN5O5S+. The lowest BCUT2D eigenvalue weighted by atomic mass is 10.1. The summed E-state index contributed by atoms with van der Waals surface area (Å²) in [6.45, 7) is 0.164. The van der Waals surface area contributed by atoms with Crippen molar-refractivity contribution >= 4 is 27.7 Å². The minimum Gasteiger partial charge on any atom is -0.354 e. The summed E-state index contributed by atoms with van der Waals surface area (Å²) in [5, 5.41) is 5.29. The fourth-order valence-electron chi connectivity index (χ4n) is 3.58. The summed E-state index contributed by atoms with van der Waals surface area (Å²) in [7, 11) is -3.99. The van der Waals surface area contributed by atoms with Crippen LogP contribution < -0.4 is 16.4 Å². The van der Waals surface area contributed by atoms with Crippen LogP contribution in [0.4, 0.5) is 4.39 Å². The minimum atomic E-state index is -3.99. The molecule has 12 heteroatoms. The van der Waals surface area contributed by atoms with Crippen molar-refractivity contribution in [2.24, 2.45) is 0 Å². The van der Waals surface area contributed by atoms with Crippen LogP contribution in [0.15, 0.2) is 29.2 Å². The molecule has 0 bridgehead atoms. The van der Waals surface area contributed by atoms with Gasteiger partial charge in [0.15, 0.2) is 6.54 Å². The van der Waals surface area contributed by atoms with Crippen molar-refractivity contribution in [3.8, 4) is 0 Å². The number of nitrogens with zero attached hydrogens (tertiary/aromatic N) is 2. The lowest BCUT2D eigenvalue weighted by Gasteiger charge is -2.40. The summed E-state index contributed by atoms with van der Waals surface area (Å²) in [6, 6.07) is 2.56. The summed E-state index contributed by atoms with van der Waals surface area (Å²) in [4.78, 5) is 38.4. The zero-order chi connectivity index (χ0) is 21.9. The molecule has 10 nitrogen and oxygen atoms in total. The van der Waals surface area contributed by atoms with E-state index in [-0.39, 0.29) is 42.9 Å². The van der Waals surface area contributed by atoms with Gasteiger partial charge in [-0.15, -0.1) is 0 Å². The third-order valence-corrected chi connectivity index (χ3v) is 7.11. The molecule has 30 heavy (non-hydrogen) atoms. The summed E-state index contributed by atoms with van der Waals surface area (Å²) >= 11 is 0. The fourth-order valence-corrected chi connectivity index (χ4v) is 5.01. The molecule has 1 aromatic carbocycles. The number of piperidine rings is 1. The van der Waals surface area contributed by atoms with Gasteiger partial charge in [-0.3, -0.25) is 14.4 Å². The zero-order valence-electron chi connectivity index (χ0n) is 16.3. The summed E-state index contributed by atoms with van der Waals surface area (Å²) in [6.07, 6.45) is 1.17. The van der Waals surface area contributed by atoms with E-state index in [0.29, 0.717) is 19.4 Å². The van der Waals surface area contributed by atoms with Gasteiger partial charge < -0.3 is 21.3 Å². The number of nitrogens with one attached hydrogen (secondary N) is 2. The first kappa shape index (κ1) is 22.1. The molecule has 0 aromatic heterocycles. The lowest BCUT2D eigenvalue weighted by Crippen LogP contribution is -2.67. The fraction of sp³-hybridized carbons (Fsp3) is 0.500. The van der Waals surface area contributed by atoms with Gasteiger partial charge in [0.25, 0.3) is 5.91 Å². The number of hydrogen-bond donors (Lipinski definition) is 3. The van der Waals surface area contributed by atoms with Crippen molar-refractivity contribution in [2.45, 2.75) is 29.8 Å². The van der Waals surface area contributed by atoms with Crippen LogP contribution in [0.1, 0.15) is 12.8 Å². The van der Waals surface area contributed by atoms with Crippen molar-refractivity contribution < 1.29 is 32.9 Å². The quantitative estimate of drug-likeness (QED) is 0.468. The van der Waals surface area contributed by atoms with Crippen LogP contribution in [0.2, 0.25) is 0 Å². The molecule has 2 heterocycles. The highest BCUT2D eigenvalue weighted by atomic mass is 32.2. The molecule has 2 aliphatic heterocycles. The van der Waals surface area contributed by atoms with Gasteiger partial charge in [0.2, 0.25) is 21.8 Å². The molecule has 3 rings (SSSR count). The molecule has 2 atom stereocenters. The van der Waals surface area contributed by atoms with Gasteiger partial charge in [0, 0.05) is 26.2 Å². The molecule has 0 spiro atoms. The van der Waals surface area contributed by atoms with Crippen LogP contribution in [0, 0.1) is 5.82 Å². The van der Waals surface area contributed by atoms with Crippen LogP contribution in [-0.4, -0.2) is 80.2 Å². The van der Waals surface area contributed by atoms with Gasteiger partial charge in [-0.2, -0.15) is 4.31 Å². The molecule has 5 N–H and O–H groups in total. The highest BCUT2D eigenvalue weighted by molar-refractivity contribution is 7.89. The summed E-state index contributed by atoms with van der Waals surface area (Å²) in [5.74, 6) is -1.86. The van der Waals surface area contributed by atoms with E-state index >= 15 is 0 Å². The Morgan fingerprint density at radius 1 is 1.23 bits per heavy atom. The van der Waals surface area contributed by atoms with Crippen LogP contribution in [0.3, 0.4) is 0 Å². The van der Waals surface area contributed by atoms with E-state index in [4.69, 9.17) is 0 Å². The van der Waals surface area contributed by atoms with Gasteiger partial charge in [-0.25, -0.2) is 12.8 Å². The molecule has 3 amide bonds. The smallest absolute Gasteiger partial charge is 0.278 e. The maximum atomic E-state index is 13.2. The monoisotopic (exact) mass is 442 g/mol. The van der Waals surface area contributed by atoms with Crippen LogP contribution in [0.25, 0.3) is 0 Å². The van der Waals surface area contributed by atoms with Crippen LogP contribution >= 0.6 is 0 Å². The largest absolute Gasteiger partial charge is 0.354 e. The predicted molar refractivity (Wildman–Crippen MR) is 103 cm³/mol. The minimum absolute atomic E-state index is 0.00370. The van der Waals surface area contributed by atoms with Crippen molar-refractivity contribution in [1.82, 2.24) is 19.8 Å². The third-order valence-electron chi connectivity index (χ3n) is 5.23. The van der Waals surface area contributed by atoms with Gasteiger partial charge in [0.1, 0.15) is 17.9 Å². The van der Waals surface area contributed by atoms with E-state index in [9.17, 15) is 27.2 Å². The number of carbonyl (C=O) groups excluding carboxylic acids is 3. The Kier molecular flexibility index (Phi) is 6.68. The maximum Gasteiger partial charge on any atom is 0.278 e. The highest BCUT2D eigenvalue weighted by Gasteiger charge is 2.41. The molecule has 164 valence electrons. The van der Waals surface area contributed by atoms with Crippen molar-refractivity contribution in [2.75, 3.05) is 32.7 Å². The SMILES string of the molecule is [NH3+]CC(=O)N1CCN(S(=O)(=O)c2ccc(F)cc2)C[C@H]1C(=O)N[C@H]1CCCNC1=O. The number of quaternary nitrogens is 1. The average molecular weight is 442 g/mol. The van der Waals surface area contributed by atoms with Gasteiger partial charge >= 0.3 is 0 Å². The maximum absolute atomic E-state index is 13.2. The first-order chi connectivity index (χ1) is 14.2. The first-order valence-corrected chi connectivity index (χ1v) is 11.1. The highest BCUT2D eigenvalue weighted by Crippen LogP contribution is 2.21. The molecule has 0 aliphatic carbocycles. The van der Waals surface area contributed by atoms with Crippen LogP contribution in [-0.2, 0) is 24.4 Å². The van der Waals surface area contributed by atoms with Crippen LogP contribution in [0.5, 0.6) is 0 Å². The van der Waals surface area contributed by atoms with Gasteiger partial charge in [0.05, 0.1) is 4.90 Å². The van der Waals surface area contributed by atoms with E-state index in [2.05, 4.69) is 16.4 Å². The Morgan fingerprint density at radius 2 is 1.93 bits per heavy atom. The Labute approximate surface area is 173 Å². The second-order valence-corrected chi connectivity index (χ2v) is 9.10. The van der Waals surface area contributed by atoms with E-state index in [1.807, 2.05) is 0 Å². The van der Waals surface area contributed by atoms with E-state index in [0.717, 1.165) is 28.6 Å². The molecule has 2 saturated heterocycles. The number of carbonyl (C=O) groups is 3. The van der Waals surface area contributed by atoms with Gasteiger partial charge in [-0.1, -0.05) is 0 Å². The number of sulfonamides is 1.